The molecule has 17 heavy (non-hydrogen) atoms. The van der Waals surface area contributed by atoms with Crippen LogP contribution in [-0.2, 0) is 14.6 Å². The van der Waals surface area contributed by atoms with Gasteiger partial charge in [-0.05, 0) is 18.6 Å². The van der Waals surface area contributed by atoms with Crippen molar-refractivity contribution < 1.29 is 17.9 Å². The zero-order chi connectivity index (χ0) is 12.9. The SMILES string of the molecule is CCCC(=O)CS(=O)(=O)c1ccccc1OC. The van der Waals surface area contributed by atoms with Crippen LogP contribution < -0.4 is 4.74 Å². The van der Waals surface area contributed by atoms with Gasteiger partial charge in [0.2, 0.25) is 0 Å². The summed E-state index contributed by atoms with van der Waals surface area (Å²) in [7, 11) is -2.19. The summed E-state index contributed by atoms with van der Waals surface area (Å²) < 4.78 is 29.0. The highest BCUT2D eigenvalue weighted by molar-refractivity contribution is 7.92. The number of ether oxygens (including phenoxy) is 1. The first-order chi connectivity index (χ1) is 8.01. The van der Waals surface area contributed by atoms with E-state index in [1.165, 1.54) is 13.2 Å². The quantitative estimate of drug-likeness (QED) is 0.779. The molecule has 0 heterocycles. The molecule has 5 heteroatoms. The second-order valence-corrected chi connectivity index (χ2v) is 5.66. The molecular formula is C12H16O4S. The summed E-state index contributed by atoms with van der Waals surface area (Å²) in [6, 6.07) is 6.32. The highest BCUT2D eigenvalue weighted by Gasteiger charge is 2.22. The van der Waals surface area contributed by atoms with E-state index in [4.69, 9.17) is 4.74 Å². The Morgan fingerprint density at radius 3 is 2.53 bits per heavy atom. The minimum absolute atomic E-state index is 0.0759. The molecule has 0 spiro atoms. The summed E-state index contributed by atoms with van der Waals surface area (Å²) >= 11 is 0. The molecule has 0 bridgehead atoms. The maximum absolute atomic E-state index is 12.0. The van der Waals surface area contributed by atoms with Gasteiger partial charge in [-0.2, -0.15) is 0 Å². The predicted octanol–water partition coefficient (Wildman–Crippen LogP) is 1.84. The molecule has 0 amide bonds. The average Bonchev–Trinajstić information content (AvgIpc) is 2.28. The van der Waals surface area contributed by atoms with E-state index in [1.807, 2.05) is 6.92 Å². The van der Waals surface area contributed by atoms with E-state index < -0.39 is 15.6 Å². The maximum atomic E-state index is 12.0. The Kier molecular flexibility index (Phi) is 4.69. The largest absolute Gasteiger partial charge is 0.495 e. The van der Waals surface area contributed by atoms with Crippen molar-refractivity contribution in [3.8, 4) is 5.75 Å². The lowest BCUT2D eigenvalue weighted by atomic mass is 10.3. The summed E-state index contributed by atoms with van der Waals surface area (Å²) in [6.07, 6.45) is 0.939. The zero-order valence-corrected chi connectivity index (χ0v) is 10.8. The van der Waals surface area contributed by atoms with Crippen molar-refractivity contribution in [3.63, 3.8) is 0 Å². The lowest BCUT2D eigenvalue weighted by Crippen LogP contribution is -2.16. The molecule has 0 aromatic heterocycles. The Morgan fingerprint density at radius 2 is 1.94 bits per heavy atom. The normalized spacial score (nSPS) is 11.2. The van der Waals surface area contributed by atoms with Gasteiger partial charge in [-0.1, -0.05) is 19.1 Å². The predicted molar refractivity (Wildman–Crippen MR) is 65.0 cm³/mol. The number of Topliss-reactive ketones (excluding diaryl/α,β-unsaturated/α-hetero) is 1. The fourth-order valence-corrected chi connectivity index (χ4v) is 2.98. The van der Waals surface area contributed by atoms with Gasteiger partial charge in [-0.25, -0.2) is 8.42 Å². The number of sulfone groups is 1. The van der Waals surface area contributed by atoms with Crippen LogP contribution in [0, 0.1) is 0 Å². The Labute approximate surface area is 102 Å². The molecule has 0 saturated heterocycles. The van der Waals surface area contributed by atoms with Crippen LogP contribution in [0.1, 0.15) is 19.8 Å². The van der Waals surface area contributed by atoms with Gasteiger partial charge in [-0.3, -0.25) is 4.79 Å². The van der Waals surface area contributed by atoms with Crippen molar-refractivity contribution in [2.75, 3.05) is 12.9 Å². The van der Waals surface area contributed by atoms with Crippen molar-refractivity contribution >= 4 is 15.6 Å². The summed E-state index contributed by atoms with van der Waals surface area (Å²) in [6.45, 7) is 1.84. The van der Waals surface area contributed by atoms with Gasteiger partial charge in [0.05, 0.1) is 7.11 Å². The summed E-state index contributed by atoms with van der Waals surface area (Å²) in [4.78, 5) is 11.5. The third-order valence-electron chi connectivity index (χ3n) is 2.28. The molecule has 1 aromatic carbocycles. The van der Waals surface area contributed by atoms with E-state index in [-0.39, 0.29) is 22.8 Å². The molecule has 0 radical (unpaired) electrons. The van der Waals surface area contributed by atoms with E-state index in [2.05, 4.69) is 0 Å². The number of carbonyl (C=O) groups excluding carboxylic acids is 1. The summed E-state index contributed by atoms with van der Waals surface area (Å²) in [5.74, 6) is -0.448. The topological polar surface area (TPSA) is 60.4 Å². The highest BCUT2D eigenvalue weighted by Crippen LogP contribution is 2.24. The second-order valence-electron chi connectivity index (χ2n) is 3.70. The van der Waals surface area contributed by atoms with Gasteiger partial charge in [0.1, 0.15) is 22.2 Å². The first kappa shape index (κ1) is 13.7. The Hall–Kier alpha value is -1.36. The van der Waals surface area contributed by atoms with Crippen molar-refractivity contribution in [2.45, 2.75) is 24.7 Å². The lowest BCUT2D eigenvalue weighted by Gasteiger charge is -2.08. The van der Waals surface area contributed by atoms with Gasteiger partial charge in [0, 0.05) is 6.42 Å². The van der Waals surface area contributed by atoms with Gasteiger partial charge in [0.15, 0.2) is 9.84 Å². The number of rotatable bonds is 6. The van der Waals surface area contributed by atoms with Crippen LogP contribution in [0.2, 0.25) is 0 Å². The third-order valence-corrected chi connectivity index (χ3v) is 3.99. The first-order valence-corrected chi connectivity index (χ1v) is 7.04. The van der Waals surface area contributed by atoms with E-state index in [0.717, 1.165) is 0 Å². The Bertz CT molecular complexity index is 491. The number of para-hydroxylation sites is 1. The smallest absolute Gasteiger partial charge is 0.189 e. The van der Waals surface area contributed by atoms with Crippen LogP contribution in [0.15, 0.2) is 29.2 Å². The molecule has 0 saturated carbocycles. The Morgan fingerprint density at radius 1 is 1.29 bits per heavy atom. The maximum Gasteiger partial charge on any atom is 0.189 e. The van der Waals surface area contributed by atoms with E-state index in [1.54, 1.807) is 18.2 Å². The molecule has 0 N–H and O–H groups in total. The summed E-state index contributed by atoms with van der Waals surface area (Å²) in [5.41, 5.74) is 0. The lowest BCUT2D eigenvalue weighted by molar-refractivity contribution is -0.116. The minimum Gasteiger partial charge on any atom is -0.495 e. The molecule has 94 valence electrons. The molecule has 1 rings (SSSR count). The zero-order valence-electron chi connectivity index (χ0n) is 9.97. The van der Waals surface area contributed by atoms with Crippen LogP contribution in [0.3, 0.4) is 0 Å². The monoisotopic (exact) mass is 256 g/mol. The average molecular weight is 256 g/mol. The van der Waals surface area contributed by atoms with Gasteiger partial charge in [-0.15, -0.1) is 0 Å². The van der Waals surface area contributed by atoms with Gasteiger partial charge >= 0.3 is 0 Å². The van der Waals surface area contributed by atoms with Gasteiger partial charge < -0.3 is 4.74 Å². The number of hydrogen-bond acceptors (Lipinski definition) is 4. The van der Waals surface area contributed by atoms with Crippen molar-refractivity contribution in [3.05, 3.63) is 24.3 Å². The van der Waals surface area contributed by atoms with Crippen LogP contribution in [0.5, 0.6) is 5.75 Å². The van der Waals surface area contributed by atoms with E-state index >= 15 is 0 Å². The molecule has 0 atom stereocenters. The molecular weight excluding hydrogens is 240 g/mol. The van der Waals surface area contributed by atoms with Crippen LogP contribution >= 0.6 is 0 Å². The number of benzene rings is 1. The number of carbonyl (C=O) groups is 1. The minimum atomic E-state index is -3.60. The van der Waals surface area contributed by atoms with Crippen molar-refractivity contribution in [2.24, 2.45) is 0 Å². The van der Waals surface area contributed by atoms with E-state index in [0.29, 0.717) is 6.42 Å². The van der Waals surface area contributed by atoms with Crippen LogP contribution in [0.4, 0.5) is 0 Å². The highest BCUT2D eigenvalue weighted by atomic mass is 32.2. The molecule has 0 fully saturated rings. The molecule has 0 aliphatic carbocycles. The van der Waals surface area contributed by atoms with Crippen molar-refractivity contribution in [1.82, 2.24) is 0 Å². The molecule has 1 aromatic rings. The molecule has 0 unspecified atom stereocenters. The van der Waals surface area contributed by atoms with Crippen LogP contribution in [0.25, 0.3) is 0 Å². The van der Waals surface area contributed by atoms with Crippen molar-refractivity contribution in [1.29, 1.82) is 0 Å². The Balaban J connectivity index is 3.01. The molecule has 0 aliphatic heterocycles. The first-order valence-electron chi connectivity index (χ1n) is 5.38. The fraction of sp³-hybridized carbons (Fsp3) is 0.417. The molecule has 4 nitrogen and oxygen atoms in total. The fourth-order valence-electron chi connectivity index (χ4n) is 1.52. The number of ketones is 1. The van der Waals surface area contributed by atoms with Gasteiger partial charge in [0.25, 0.3) is 0 Å². The van der Waals surface area contributed by atoms with E-state index in [9.17, 15) is 13.2 Å². The second kappa shape index (κ2) is 5.82. The third kappa shape index (κ3) is 3.56. The summed E-state index contributed by atoms with van der Waals surface area (Å²) in [5, 5.41) is 0. The molecule has 0 aliphatic rings. The van der Waals surface area contributed by atoms with Crippen LogP contribution in [-0.4, -0.2) is 27.1 Å². The standard InChI is InChI=1S/C12H16O4S/c1-3-6-10(13)9-17(14,15)12-8-5-4-7-11(12)16-2/h4-5,7-8H,3,6,9H2,1-2H3. The number of methoxy groups -OCH3 is 1. The number of hydrogen-bond donors (Lipinski definition) is 0.